The number of rotatable bonds is 10. The first-order chi connectivity index (χ1) is 14.7. The third-order valence-corrected chi connectivity index (χ3v) is 9.28. The van der Waals surface area contributed by atoms with Gasteiger partial charge in [-0.2, -0.15) is 5.26 Å². The smallest absolute Gasteiger partial charge is 0.0692 e. The summed E-state index contributed by atoms with van der Waals surface area (Å²) in [5.41, 5.74) is -0.0105. The maximum atomic E-state index is 10.1. The van der Waals surface area contributed by atoms with E-state index in [1.165, 1.54) is 116 Å². The number of nitriles is 1. The minimum atomic E-state index is -0.0105. The van der Waals surface area contributed by atoms with Crippen molar-refractivity contribution in [3.05, 3.63) is 0 Å². The van der Waals surface area contributed by atoms with Gasteiger partial charge < -0.3 is 4.74 Å². The van der Waals surface area contributed by atoms with Gasteiger partial charge in [0, 0.05) is 6.61 Å². The summed E-state index contributed by atoms with van der Waals surface area (Å²) in [6.07, 6.45) is 24.8. The summed E-state index contributed by atoms with van der Waals surface area (Å²) in [7, 11) is 0. The van der Waals surface area contributed by atoms with E-state index in [4.69, 9.17) is 4.74 Å². The molecule has 2 nitrogen and oxygen atoms in total. The van der Waals surface area contributed by atoms with Gasteiger partial charge in [0.25, 0.3) is 0 Å². The lowest BCUT2D eigenvalue weighted by Crippen LogP contribution is -2.38. The Morgan fingerprint density at radius 1 is 0.767 bits per heavy atom. The predicted octanol–water partition coefficient (Wildman–Crippen LogP) is 8.45. The highest BCUT2D eigenvalue weighted by Crippen LogP contribution is 2.52. The van der Waals surface area contributed by atoms with Gasteiger partial charge in [-0.1, -0.05) is 58.3 Å². The lowest BCUT2D eigenvalue weighted by Gasteiger charge is -2.45. The van der Waals surface area contributed by atoms with Crippen LogP contribution in [0.15, 0.2) is 0 Å². The maximum absolute atomic E-state index is 10.1. The highest BCUT2D eigenvalue weighted by atomic mass is 16.5. The maximum Gasteiger partial charge on any atom is 0.0692 e. The van der Waals surface area contributed by atoms with Gasteiger partial charge in [0.1, 0.15) is 0 Å². The van der Waals surface area contributed by atoms with Crippen molar-refractivity contribution in [1.29, 1.82) is 5.26 Å². The summed E-state index contributed by atoms with van der Waals surface area (Å²) in [5, 5.41) is 10.1. The van der Waals surface area contributed by atoms with Crippen molar-refractivity contribution in [2.24, 2.45) is 29.1 Å². The molecule has 0 atom stereocenters. The number of hydrogen-bond acceptors (Lipinski definition) is 2. The van der Waals surface area contributed by atoms with Gasteiger partial charge in [0.15, 0.2) is 0 Å². The van der Waals surface area contributed by atoms with Gasteiger partial charge in [0.05, 0.1) is 17.6 Å². The zero-order valence-corrected chi connectivity index (χ0v) is 20.2. The normalized spacial score (nSPS) is 37.6. The summed E-state index contributed by atoms with van der Waals surface area (Å²) in [6.45, 7) is 5.24. The van der Waals surface area contributed by atoms with Crippen molar-refractivity contribution in [1.82, 2.24) is 0 Å². The molecule has 2 heteroatoms. The molecule has 3 aliphatic carbocycles. The second kappa shape index (κ2) is 12.5. The van der Waals surface area contributed by atoms with Crippen LogP contribution < -0.4 is 0 Å². The van der Waals surface area contributed by atoms with E-state index in [9.17, 15) is 5.26 Å². The molecule has 0 aliphatic heterocycles. The van der Waals surface area contributed by atoms with Crippen LogP contribution >= 0.6 is 0 Å². The minimum Gasteiger partial charge on any atom is -0.379 e. The van der Waals surface area contributed by atoms with E-state index in [0.29, 0.717) is 12.0 Å². The molecule has 3 aliphatic rings. The summed E-state index contributed by atoms with van der Waals surface area (Å²) < 4.78 is 5.85. The van der Waals surface area contributed by atoms with E-state index in [2.05, 4.69) is 19.9 Å². The van der Waals surface area contributed by atoms with Crippen LogP contribution in [0.25, 0.3) is 0 Å². The van der Waals surface area contributed by atoms with Crippen LogP contribution in [0.3, 0.4) is 0 Å². The first kappa shape index (κ1) is 24.1. The molecule has 0 bridgehead atoms. The SMILES string of the molecule is CCCCCCCC1CCC(C2CCC(C#N)(C3CCC(OCC)CC3)CC2)CC1. The third kappa shape index (κ3) is 6.48. The molecule has 3 fully saturated rings. The molecule has 0 spiro atoms. The number of ether oxygens (including phenoxy) is 1. The fraction of sp³-hybridized carbons (Fsp3) is 0.964. The molecule has 0 amide bonds. The van der Waals surface area contributed by atoms with E-state index in [1.807, 2.05) is 0 Å². The Balaban J connectivity index is 1.37. The zero-order chi connectivity index (χ0) is 21.2. The van der Waals surface area contributed by atoms with Crippen LogP contribution in [0.5, 0.6) is 0 Å². The molecule has 0 aromatic rings. The molecule has 3 rings (SSSR count). The summed E-state index contributed by atoms with van der Waals surface area (Å²) in [6, 6.07) is 2.86. The monoisotopic (exact) mass is 415 g/mol. The van der Waals surface area contributed by atoms with Crippen molar-refractivity contribution in [3.8, 4) is 6.07 Å². The summed E-state index contributed by atoms with van der Waals surface area (Å²) >= 11 is 0. The van der Waals surface area contributed by atoms with Crippen LogP contribution in [0.2, 0.25) is 0 Å². The first-order valence-electron chi connectivity index (χ1n) is 13.7. The summed E-state index contributed by atoms with van der Waals surface area (Å²) in [5.74, 6) is 3.53. The second-order valence-corrected chi connectivity index (χ2v) is 11.0. The standard InChI is InChI=1S/C28H49NO/c1-3-5-6-7-8-9-23-10-12-24(13-11-23)25-18-20-28(22-29,21-19-25)26-14-16-27(17-15-26)30-4-2/h23-27H,3-21H2,1-2H3. The van der Waals surface area contributed by atoms with Gasteiger partial charge in [-0.3, -0.25) is 0 Å². The largest absolute Gasteiger partial charge is 0.379 e. The third-order valence-electron chi connectivity index (χ3n) is 9.28. The Kier molecular flexibility index (Phi) is 10.0. The molecule has 0 aromatic carbocycles. The van der Waals surface area contributed by atoms with Gasteiger partial charge in [-0.15, -0.1) is 0 Å². The van der Waals surface area contributed by atoms with Crippen LogP contribution in [0, 0.1) is 40.4 Å². The second-order valence-electron chi connectivity index (χ2n) is 11.0. The highest BCUT2D eigenvalue weighted by Gasteiger charge is 2.44. The number of unbranched alkanes of at least 4 members (excludes halogenated alkanes) is 4. The first-order valence-corrected chi connectivity index (χ1v) is 13.7. The van der Waals surface area contributed by atoms with Crippen molar-refractivity contribution >= 4 is 0 Å². The minimum absolute atomic E-state index is 0.0105. The molecule has 0 N–H and O–H groups in total. The lowest BCUT2D eigenvalue weighted by molar-refractivity contribution is -0.00233. The van der Waals surface area contributed by atoms with E-state index in [0.717, 1.165) is 24.4 Å². The lowest BCUT2D eigenvalue weighted by atomic mass is 9.58. The highest BCUT2D eigenvalue weighted by molar-refractivity contribution is 5.06. The van der Waals surface area contributed by atoms with E-state index in [1.54, 1.807) is 0 Å². The molecule has 0 saturated heterocycles. The number of nitrogens with zero attached hydrogens (tertiary/aromatic N) is 1. The van der Waals surface area contributed by atoms with E-state index < -0.39 is 0 Å². The topological polar surface area (TPSA) is 33.0 Å². The molecule has 3 saturated carbocycles. The molecule has 0 unspecified atom stereocenters. The molecule has 0 heterocycles. The fourth-order valence-electron chi connectivity index (χ4n) is 7.24. The molecule has 30 heavy (non-hydrogen) atoms. The predicted molar refractivity (Wildman–Crippen MR) is 126 cm³/mol. The van der Waals surface area contributed by atoms with Crippen LogP contribution in [-0.4, -0.2) is 12.7 Å². The van der Waals surface area contributed by atoms with E-state index in [-0.39, 0.29) is 5.41 Å². The Labute approximate surface area is 187 Å². The average Bonchev–Trinajstić information content (AvgIpc) is 2.80. The van der Waals surface area contributed by atoms with Crippen molar-refractivity contribution < 1.29 is 4.74 Å². The molecule has 0 aromatic heterocycles. The van der Waals surface area contributed by atoms with Crippen LogP contribution in [0.1, 0.15) is 129 Å². The van der Waals surface area contributed by atoms with E-state index >= 15 is 0 Å². The molecular weight excluding hydrogens is 366 g/mol. The van der Waals surface area contributed by atoms with Crippen molar-refractivity contribution in [3.63, 3.8) is 0 Å². The fourth-order valence-corrected chi connectivity index (χ4v) is 7.24. The van der Waals surface area contributed by atoms with Gasteiger partial charge in [-0.25, -0.2) is 0 Å². The molecule has 0 radical (unpaired) electrons. The molecule has 172 valence electrons. The Hall–Kier alpha value is -0.550. The van der Waals surface area contributed by atoms with Crippen molar-refractivity contribution in [2.45, 2.75) is 136 Å². The quantitative estimate of drug-likeness (QED) is 0.335. The Morgan fingerprint density at radius 3 is 2.00 bits per heavy atom. The van der Waals surface area contributed by atoms with Gasteiger partial charge in [-0.05, 0) is 94.8 Å². The summed E-state index contributed by atoms with van der Waals surface area (Å²) in [4.78, 5) is 0. The van der Waals surface area contributed by atoms with Crippen LogP contribution in [-0.2, 0) is 4.74 Å². The Morgan fingerprint density at radius 2 is 1.40 bits per heavy atom. The van der Waals surface area contributed by atoms with Gasteiger partial charge in [0.2, 0.25) is 0 Å². The van der Waals surface area contributed by atoms with Gasteiger partial charge >= 0.3 is 0 Å². The average molecular weight is 416 g/mol. The van der Waals surface area contributed by atoms with Crippen LogP contribution in [0.4, 0.5) is 0 Å². The Bertz CT molecular complexity index is 499. The molecular formula is C28H49NO. The number of hydrogen-bond donors (Lipinski definition) is 0. The zero-order valence-electron chi connectivity index (χ0n) is 20.2. The van der Waals surface area contributed by atoms with Crippen molar-refractivity contribution in [2.75, 3.05) is 6.61 Å².